The summed E-state index contributed by atoms with van der Waals surface area (Å²) in [5.41, 5.74) is 2.44. The Morgan fingerprint density at radius 1 is 0.902 bits per heavy atom. The molecule has 1 aliphatic heterocycles. The van der Waals surface area contributed by atoms with Crippen molar-refractivity contribution >= 4 is 28.1 Å². The summed E-state index contributed by atoms with van der Waals surface area (Å²) in [6.07, 6.45) is 1.58. The van der Waals surface area contributed by atoms with E-state index in [0.717, 1.165) is 16.7 Å². The molecule has 0 amide bonds. The highest BCUT2D eigenvalue weighted by Gasteiger charge is 2.18. The molecule has 41 heavy (non-hydrogen) atoms. The average Bonchev–Trinajstić information content (AvgIpc) is 3.67. The van der Waals surface area contributed by atoms with Crippen LogP contribution in [0.15, 0.2) is 105 Å². The molecule has 9 nitrogen and oxygen atoms in total. The minimum atomic E-state index is -0.326. The number of rotatable bonds is 7. The quantitative estimate of drug-likeness (QED) is 0.227. The van der Waals surface area contributed by atoms with E-state index >= 15 is 0 Å². The van der Waals surface area contributed by atoms with Gasteiger partial charge in [0.1, 0.15) is 23.7 Å². The molecule has 0 radical (unpaired) electrons. The van der Waals surface area contributed by atoms with Crippen molar-refractivity contribution in [1.82, 2.24) is 9.66 Å². The van der Waals surface area contributed by atoms with E-state index in [1.807, 2.05) is 66.7 Å². The molecule has 0 fully saturated rings. The second-order valence-corrected chi connectivity index (χ2v) is 9.31. The molecule has 6 aromatic rings. The maximum atomic E-state index is 13.7. The third-order valence-corrected chi connectivity index (χ3v) is 6.78. The van der Waals surface area contributed by atoms with Crippen molar-refractivity contribution < 1.29 is 23.4 Å². The molecule has 1 aliphatic rings. The largest absolute Gasteiger partial charge is 0.496 e. The fourth-order valence-electron chi connectivity index (χ4n) is 4.74. The molecule has 0 saturated heterocycles. The van der Waals surface area contributed by atoms with Gasteiger partial charge < -0.3 is 23.4 Å². The predicted octanol–water partition coefficient (Wildman–Crippen LogP) is 6.01. The number of nitrogens with zero attached hydrogens (tertiary/aromatic N) is 3. The summed E-state index contributed by atoms with van der Waals surface area (Å²) in [4.78, 5) is 18.4. The number of para-hydroxylation sites is 2. The number of benzene rings is 4. The second kappa shape index (κ2) is 10.2. The number of methoxy groups -OCH3 is 1. The molecule has 3 heterocycles. The van der Waals surface area contributed by atoms with Crippen molar-refractivity contribution in [1.29, 1.82) is 0 Å². The molecular formula is C32H23N3O6. The summed E-state index contributed by atoms with van der Waals surface area (Å²) in [5, 5.41) is 5.80. The molecule has 9 heteroatoms. The fraction of sp³-hybridized carbons (Fsp3) is 0.0938. The molecular weight excluding hydrogens is 522 g/mol. The number of furan rings is 1. The Morgan fingerprint density at radius 2 is 1.73 bits per heavy atom. The van der Waals surface area contributed by atoms with Crippen molar-refractivity contribution in [3.05, 3.63) is 112 Å². The van der Waals surface area contributed by atoms with Crippen LogP contribution in [-0.4, -0.2) is 29.8 Å². The summed E-state index contributed by atoms with van der Waals surface area (Å²) < 4.78 is 29.8. The van der Waals surface area contributed by atoms with Gasteiger partial charge in [0.25, 0.3) is 5.56 Å². The summed E-state index contributed by atoms with van der Waals surface area (Å²) in [7, 11) is 1.60. The lowest BCUT2D eigenvalue weighted by Gasteiger charge is -2.10. The molecule has 202 valence electrons. The van der Waals surface area contributed by atoms with E-state index in [4.69, 9.17) is 28.3 Å². The van der Waals surface area contributed by atoms with Crippen LogP contribution in [-0.2, 0) is 6.61 Å². The van der Waals surface area contributed by atoms with E-state index < -0.39 is 0 Å². The zero-order valence-corrected chi connectivity index (χ0v) is 21.9. The smallest absolute Gasteiger partial charge is 0.282 e. The SMILES string of the molecule is COc1cccc2oc(-c3nc4ccccc4c(=O)n3N=Cc3ccccc3OCc3ccc4c(c3)OCO4)cc12. The second-order valence-electron chi connectivity index (χ2n) is 9.31. The van der Waals surface area contributed by atoms with Gasteiger partial charge in [0.2, 0.25) is 12.6 Å². The predicted molar refractivity (Wildman–Crippen MR) is 154 cm³/mol. The van der Waals surface area contributed by atoms with E-state index in [1.54, 1.807) is 37.6 Å². The van der Waals surface area contributed by atoms with E-state index in [1.165, 1.54) is 4.68 Å². The highest BCUT2D eigenvalue weighted by Crippen LogP contribution is 2.34. The molecule has 2 aromatic heterocycles. The first-order valence-corrected chi connectivity index (χ1v) is 12.9. The summed E-state index contributed by atoms with van der Waals surface area (Å²) in [6.45, 7) is 0.524. The first-order valence-electron chi connectivity index (χ1n) is 12.9. The lowest BCUT2D eigenvalue weighted by Crippen LogP contribution is -2.20. The lowest BCUT2D eigenvalue weighted by atomic mass is 10.2. The van der Waals surface area contributed by atoms with Crippen molar-refractivity contribution in [2.24, 2.45) is 5.10 Å². The van der Waals surface area contributed by atoms with Gasteiger partial charge >= 0.3 is 0 Å². The number of ether oxygens (including phenoxy) is 4. The Labute approximate surface area is 233 Å². The highest BCUT2D eigenvalue weighted by molar-refractivity contribution is 5.89. The normalized spacial score (nSPS) is 12.4. The van der Waals surface area contributed by atoms with Gasteiger partial charge in [-0.25, -0.2) is 4.98 Å². The van der Waals surface area contributed by atoms with Gasteiger partial charge in [0, 0.05) is 5.56 Å². The summed E-state index contributed by atoms with van der Waals surface area (Å²) in [6, 6.07) is 27.6. The van der Waals surface area contributed by atoms with Crippen LogP contribution in [0.1, 0.15) is 11.1 Å². The van der Waals surface area contributed by atoms with Gasteiger partial charge in [0.05, 0.1) is 29.6 Å². The zero-order valence-electron chi connectivity index (χ0n) is 21.9. The Morgan fingerprint density at radius 3 is 2.66 bits per heavy atom. The number of hydrogen-bond donors (Lipinski definition) is 0. The first kappa shape index (κ1) is 24.5. The molecule has 0 unspecified atom stereocenters. The van der Waals surface area contributed by atoms with Gasteiger partial charge in [-0.2, -0.15) is 9.78 Å². The summed E-state index contributed by atoms with van der Waals surface area (Å²) >= 11 is 0. The van der Waals surface area contributed by atoms with Gasteiger partial charge in [-0.3, -0.25) is 4.79 Å². The molecule has 7 rings (SSSR count). The van der Waals surface area contributed by atoms with E-state index in [2.05, 4.69) is 5.10 Å². The topological polar surface area (TPSA) is 97.3 Å². The maximum absolute atomic E-state index is 13.7. The van der Waals surface area contributed by atoms with Crippen LogP contribution >= 0.6 is 0 Å². The molecule has 0 saturated carbocycles. The standard InChI is InChI=1S/C32H23N3O6/c1-37-26-11-6-12-27-23(26)16-30(41-27)31-34-24-9-4-3-8-22(24)32(36)35(31)33-17-21-7-2-5-10-25(21)38-18-20-13-14-28-29(15-20)40-19-39-28/h2-17H,18-19H2,1H3. The number of aromatic nitrogens is 2. The van der Waals surface area contributed by atoms with Crippen LogP contribution < -0.4 is 24.5 Å². The van der Waals surface area contributed by atoms with Crippen molar-refractivity contribution in [2.75, 3.05) is 13.9 Å². The number of hydrogen-bond acceptors (Lipinski definition) is 8. The minimum absolute atomic E-state index is 0.214. The fourth-order valence-corrected chi connectivity index (χ4v) is 4.74. The third kappa shape index (κ3) is 4.53. The monoisotopic (exact) mass is 545 g/mol. The molecule has 4 aromatic carbocycles. The maximum Gasteiger partial charge on any atom is 0.282 e. The van der Waals surface area contributed by atoms with E-state index in [0.29, 0.717) is 51.7 Å². The molecule has 0 spiro atoms. The molecule has 0 bridgehead atoms. The van der Waals surface area contributed by atoms with Crippen LogP contribution in [0.25, 0.3) is 33.5 Å². The highest BCUT2D eigenvalue weighted by atomic mass is 16.7. The van der Waals surface area contributed by atoms with Crippen LogP contribution in [0.3, 0.4) is 0 Å². The zero-order chi connectivity index (χ0) is 27.8. The average molecular weight is 546 g/mol. The molecule has 0 aliphatic carbocycles. The Hall–Kier alpha value is -5.57. The summed E-state index contributed by atoms with van der Waals surface area (Å²) in [5.74, 6) is 3.32. The Bertz CT molecular complexity index is 2010. The minimum Gasteiger partial charge on any atom is -0.496 e. The van der Waals surface area contributed by atoms with Crippen molar-refractivity contribution in [3.8, 4) is 34.6 Å². The van der Waals surface area contributed by atoms with Gasteiger partial charge in [0.15, 0.2) is 17.3 Å². The first-order chi connectivity index (χ1) is 20.2. The van der Waals surface area contributed by atoms with Crippen LogP contribution in [0, 0.1) is 0 Å². The number of fused-ring (bicyclic) bond motifs is 3. The van der Waals surface area contributed by atoms with E-state index in [-0.39, 0.29) is 18.2 Å². The lowest BCUT2D eigenvalue weighted by molar-refractivity contribution is 0.174. The van der Waals surface area contributed by atoms with Crippen LogP contribution in [0.5, 0.6) is 23.0 Å². The van der Waals surface area contributed by atoms with Crippen molar-refractivity contribution in [2.45, 2.75) is 6.61 Å². The molecule has 0 atom stereocenters. The Balaban J connectivity index is 1.27. The molecule has 0 N–H and O–H groups in total. The van der Waals surface area contributed by atoms with Gasteiger partial charge in [-0.1, -0.05) is 36.4 Å². The van der Waals surface area contributed by atoms with Crippen molar-refractivity contribution in [3.63, 3.8) is 0 Å². The van der Waals surface area contributed by atoms with E-state index in [9.17, 15) is 4.79 Å². The Kier molecular flexibility index (Phi) is 6.09. The van der Waals surface area contributed by atoms with Gasteiger partial charge in [-0.15, -0.1) is 0 Å². The third-order valence-electron chi connectivity index (χ3n) is 6.78. The van der Waals surface area contributed by atoms with Crippen LogP contribution in [0.4, 0.5) is 0 Å². The van der Waals surface area contributed by atoms with Crippen LogP contribution in [0.2, 0.25) is 0 Å². The van der Waals surface area contributed by atoms with Gasteiger partial charge in [-0.05, 0) is 60.2 Å².